The Morgan fingerprint density at radius 1 is 1.15 bits per heavy atom. The predicted molar refractivity (Wildman–Crippen MR) is 81.1 cm³/mol. The first kappa shape index (κ1) is 14.4. The van der Waals surface area contributed by atoms with Crippen LogP contribution < -0.4 is 5.73 Å². The van der Waals surface area contributed by atoms with Gasteiger partial charge in [-0.2, -0.15) is 0 Å². The van der Waals surface area contributed by atoms with Crippen molar-refractivity contribution in [3.63, 3.8) is 0 Å². The van der Waals surface area contributed by atoms with Crippen LogP contribution in [-0.4, -0.2) is 29.4 Å². The fraction of sp³-hybridized carbons (Fsp3) is 0.941. The van der Waals surface area contributed by atoms with Crippen LogP contribution in [0.1, 0.15) is 58.8 Å². The van der Waals surface area contributed by atoms with Crippen molar-refractivity contribution in [1.82, 2.24) is 4.90 Å². The van der Waals surface area contributed by atoms with E-state index in [1.54, 1.807) is 0 Å². The van der Waals surface area contributed by atoms with E-state index in [2.05, 4.69) is 18.7 Å². The summed E-state index contributed by atoms with van der Waals surface area (Å²) in [4.78, 5) is 15.1. The first-order valence-corrected chi connectivity index (χ1v) is 8.62. The molecule has 3 heteroatoms. The standard InChI is InChI=1S/C17H30N2O/c1-11(2)10-19(15-6-7-15)17(20)14-8-12-4-3-5-13(9-14)16(12)18/h11-16H,3-10,18H2,1-2H3. The monoisotopic (exact) mass is 278 g/mol. The molecule has 0 saturated heterocycles. The van der Waals surface area contributed by atoms with Crippen LogP contribution in [0.4, 0.5) is 0 Å². The molecular weight excluding hydrogens is 248 g/mol. The fourth-order valence-electron chi connectivity index (χ4n) is 4.42. The minimum Gasteiger partial charge on any atom is -0.339 e. The Labute approximate surface area is 123 Å². The average molecular weight is 278 g/mol. The van der Waals surface area contributed by atoms with Crippen LogP contribution in [-0.2, 0) is 4.79 Å². The SMILES string of the molecule is CC(C)CN(C(=O)C1CC2CCCC(C1)C2N)C1CC1. The number of carbonyl (C=O) groups excluding carboxylic acids is 1. The molecule has 1 amide bonds. The first-order chi connectivity index (χ1) is 9.56. The van der Waals surface area contributed by atoms with Crippen LogP contribution >= 0.6 is 0 Å². The molecule has 0 radical (unpaired) electrons. The van der Waals surface area contributed by atoms with Crippen molar-refractivity contribution in [2.45, 2.75) is 70.9 Å². The second-order valence-electron chi connectivity index (χ2n) is 7.81. The van der Waals surface area contributed by atoms with Gasteiger partial charge in [-0.05, 0) is 56.3 Å². The molecule has 3 rings (SSSR count). The summed E-state index contributed by atoms with van der Waals surface area (Å²) in [6.45, 7) is 5.38. The van der Waals surface area contributed by atoms with Crippen molar-refractivity contribution in [2.24, 2.45) is 29.4 Å². The molecule has 0 heterocycles. The highest BCUT2D eigenvalue weighted by Gasteiger charge is 2.43. The van der Waals surface area contributed by atoms with Crippen molar-refractivity contribution < 1.29 is 4.79 Å². The van der Waals surface area contributed by atoms with E-state index in [0.717, 1.165) is 19.4 Å². The van der Waals surface area contributed by atoms with Gasteiger partial charge in [0.25, 0.3) is 0 Å². The minimum atomic E-state index is 0.268. The molecule has 0 aromatic rings. The van der Waals surface area contributed by atoms with Crippen molar-refractivity contribution in [3.8, 4) is 0 Å². The normalized spacial score (nSPS) is 37.0. The maximum Gasteiger partial charge on any atom is 0.225 e. The molecule has 3 aliphatic carbocycles. The van der Waals surface area contributed by atoms with E-state index in [-0.39, 0.29) is 5.92 Å². The molecular formula is C17H30N2O. The molecule has 114 valence electrons. The summed E-state index contributed by atoms with van der Waals surface area (Å²) in [6, 6.07) is 0.924. The topological polar surface area (TPSA) is 46.3 Å². The molecule has 20 heavy (non-hydrogen) atoms. The van der Waals surface area contributed by atoms with Gasteiger partial charge in [-0.25, -0.2) is 0 Å². The third-order valence-corrected chi connectivity index (χ3v) is 5.59. The molecule has 2 atom stereocenters. The van der Waals surface area contributed by atoms with Gasteiger partial charge in [0.15, 0.2) is 0 Å². The van der Waals surface area contributed by atoms with Gasteiger partial charge < -0.3 is 10.6 Å². The van der Waals surface area contributed by atoms with E-state index >= 15 is 0 Å². The molecule has 3 saturated carbocycles. The van der Waals surface area contributed by atoms with E-state index < -0.39 is 0 Å². The summed E-state index contributed by atoms with van der Waals surface area (Å²) in [5.41, 5.74) is 6.35. The van der Waals surface area contributed by atoms with Crippen molar-refractivity contribution >= 4 is 5.91 Å². The second-order valence-corrected chi connectivity index (χ2v) is 7.81. The Balaban J connectivity index is 1.67. The van der Waals surface area contributed by atoms with Gasteiger partial charge in [-0.15, -0.1) is 0 Å². The van der Waals surface area contributed by atoms with Gasteiger partial charge in [-0.3, -0.25) is 4.79 Å². The maximum absolute atomic E-state index is 12.9. The molecule has 0 spiro atoms. The second kappa shape index (κ2) is 5.67. The number of hydrogen-bond donors (Lipinski definition) is 1. The van der Waals surface area contributed by atoms with E-state index in [4.69, 9.17) is 5.73 Å². The third kappa shape index (κ3) is 2.88. The molecule has 2 unspecified atom stereocenters. The lowest BCUT2D eigenvalue weighted by atomic mass is 9.65. The van der Waals surface area contributed by atoms with Crippen LogP contribution in [0.5, 0.6) is 0 Å². The number of nitrogens with zero attached hydrogens (tertiary/aromatic N) is 1. The van der Waals surface area contributed by atoms with Crippen LogP contribution in [0.3, 0.4) is 0 Å². The van der Waals surface area contributed by atoms with Crippen molar-refractivity contribution in [1.29, 1.82) is 0 Å². The smallest absolute Gasteiger partial charge is 0.225 e. The zero-order chi connectivity index (χ0) is 14.3. The first-order valence-electron chi connectivity index (χ1n) is 8.62. The zero-order valence-corrected chi connectivity index (χ0v) is 13.1. The van der Waals surface area contributed by atoms with E-state index in [9.17, 15) is 4.79 Å². The van der Waals surface area contributed by atoms with E-state index in [1.165, 1.54) is 32.1 Å². The van der Waals surface area contributed by atoms with Gasteiger partial charge in [0.1, 0.15) is 0 Å². The lowest BCUT2D eigenvalue weighted by Crippen LogP contribution is -2.50. The largest absolute Gasteiger partial charge is 0.339 e. The van der Waals surface area contributed by atoms with Crippen LogP contribution in [0.2, 0.25) is 0 Å². The highest BCUT2D eigenvalue weighted by atomic mass is 16.2. The number of amides is 1. The van der Waals surface area contributed by atoms with Gasteiger partial charge in [0.2, 0.25) is 5.91 Å². The van der Waals surface area contributed by atoms with Gasteiger partial charge in [0, 0.05) is 24.5 Å². The minimum absolute atomic E-state index is 0.268. The lowest BCUT2D eigenvalue weighted by molar-refractivity contribution is -0.139. The number of nitrogens with two attached hydrogens (primary N) is 1. The van der Waals surface area contributed by atoms with Gasteiger partial charge in [0.05, 0.1) is 0 Å². The van der Waals surface area contributed by atoms with E-state index in [1.807, 2.05) is 0 Å². The molecule has 3 nitrogen and oxygen atoms in total. The van der Waals surface area contributed by atoms with E-state index in [0.29, 0.717) is 35.7 Å². The lowest BCUT2D eigenvalue weighted by Gasteiger charge is -2.44. The number of rotatable bonds is 4. The Morgan fingerprint density at radius 2 is 1.75 bits per heavy atom. The van der Waals surface area contributed by atoms with Crippen molar-refractivity contribution in [3.05, 3.63) is 0 Å². The highest BCUT2D eigenvalue weighted by molar-refractivity contribution is 5.79. The summed E-state index contributed by atoms with van der Waals surface area (Å²) >= 11 is 0. The predicted octanol–water partition coefficient (Wildman–Crippen LogP) is 2.79. The van der Waals surface area contributed by atoms with Crippen LogP contribution in [0.15, 0.2) is 0 Å². The number of carbonyl (C=O) groups is 1. The number of hydrogen-bond acceptors (Lipinski definition) is 2. The quantitative estimate of drug-likeness (QED) is 0.859. The Kier molecular flexibility index (Phi) is 4.07. The molecule has 0 aromatic heterocycles. The Morgan fingerprint density at radius 3 is 2.25 bits per heavy atom. The molecule has 2 N–H and O–H groups in total. The molecule has 3 aliphatic rings. The Bertz CT molecular complexity index is 350. The highest BCUT2D eigenvalue weighted by Crippen LogP contribution is 2.43. The maximum atomic E-state index is 12.9. The Hall–Kier alpha value is -0.570. The summed E-state index contributed by atoms with van der Waals surface area (Å²) < 4.78 is 0. The molecule has 0 aliphatic heterocycles. The zero-order valence-electron chi connectivity index (χ0n) is 13.1. The fourth-order valence-corrected chi connectivity index (χ4v) is 4.42. The van der Waals surface area contributed by atoms with Gasteiger partial charge >= 0.3 is 0 Å². The summed E-state index contributed by atoms with van der Waals surface area (Å²) in [7, 11) is 0. The van der Waals surface area contributed by atoms with Crippen LogP contribution in [0.25, 0.3) is 0 Å². The molecule has 2 bridgehead atoms. The molecule has 3 fully saturated rings. The third-order valence-electron chi connectivity index (χ3n) is 5.59. The molecule has 0 aromatic carbocycles. The number of fused-ring (bicyclic) bond motifs is 2. The summed E-state index contributed by atoms with van der Waals surface area (Å²) in [5.74, 6) is 2.51. The van der Waals surface area contributed by atoms with Crippen LogP contribution in [0, 0.1) is 23.7 Å². The summed E-state index contributed by atoms with van der Waals surface area (Å²) in [5, 5.41) is 0. The van der Waals surface area contributed by atoms with Gasteiger partial charge in [-0.1, -0.05) is 20.3 Å². The average Bonchev–Trinajstić information content (AvgIpc) is 3.18. The van der Waals surface area contributed by atoms with Crippen molar-refractivity contribution in [2.75, 3.05) is 6.54 Å². The summed E-state index contributed by atoms with van der Waals surface area (Å²) in [6.07, 6.45) is 8.36.